The number of nitrogens with zero attached hydrogens (tertiary/aromatic N) is 4. The molecular formula is C23H22ClN5O2. The molecule has 0 radical (unpaired) electrons. The molecule has 1 aliphatic heterocycles. The third kappa shape index (κ3) is 3.88. The van der Waals surface area contributed by atoms with Crippen molar-refractivity contribution < 1.29 is 9.21 Å². The smallest absolute Gasteiger partial charge is 0.322 e. The van der Waals surface area contributed by atoms with Gasteiger partial charge in [-0.15, -0.1) is 0 Å². The summed E-state index contributed by atoms with van der Waals surface area (Å²) in [7, 11) is 0. The van der Waals surface area contributed by atoms with E-state index in [9.17, 15) is 4.79 Å². The van der Waals surface area contributed by atoms with E-state index < -0.39 is 0 Å². The van der Waals surface area contributed by atoms with Crippen molar-refractivity contribution in [3.8, 4) is 0 Å². The Labute approximate surface area is 184 Å². The zero-order valence-electron chi connectivity index (χ0n) is 17.1. The number of halogens is 1. The molecule has 5 rings (SSSR count). The number of furan rings is 1. The number of aromatic nitrogens is 3. The van der Waals surface area contributed by atoms with Crippen molar-refractivity contribution in [2.75, 3.05) is 11.9 Å². The van der Waals surface area contributed by atoms with E-state index in [1.807, 2.05) is 65.0 Å². The van der Waals surface area contributed by atoms with E-state index in [2.05, 4.69) is 15.4 Å². The van der Waals surface area contributed by atoms with E-state index in [1.165, 1.54) is 0 Å². The molecule has 0 unspecified atom stereocenters. The summed E-state index contributed by atoms with van der Waals surface area (Å²) in [4.78, 5) is 19.7. The van der Waals surface area contributed by atoms with E-state index in [-0.39, 0.29) is 12.1 Å². The highest BCUT2D eigenvalue weighted by atomic mass is 35.5. The van der Waals surface area contributed by atoms with Gasteiger partial charge in [0.15, 0.2) is 0 Å². The minimum atomic E-state index is -0.159. The maximum atomic E-state index is 13.2. The number of benzene rings is 2. The molecular weight excluding hydrogens is 414 g/mol. The Morgan fingerprint density at radius 2 is 2.03 bits per heavy atom. The predicted molar refractivity (Wildman–Crippen MR) is 119 cm³/mol. The quantitative estimate of drug-likeness (QED) is 0.465. The van der Waals surface area contributed by atoms with Gasteiger partial charge in [-0.3, -0.25) is 0 Å². The number of anilines is 1. The molecule has 0 saturated carbocycles. The van der Waals surface area contributed by atoms with Gasteiger partial charge in [0.2, 0.25) is 0 Å². The van der Waals surface area contributed by atoms with Gasteiger partial charge in [-0.25, -0.2) is 14.5 Å². The maximum absolute atomic E-state index is 13.2. The van der Waals surface area contributed by atoms with Gasteiger partial charge in [0.05, 0.1) is 18.3 Å². The van der Waals surface area contributed by atoms with Crippen LogP contribution in [-0.4, -0.2) is 32.2 Å². The number of para-hydroxylation sites is 1. The number of urea groups is 1. The monoisotopic (exact) mass is 435 g/mol. The molecule has 0 spiro atoms. The second kappa shape index (κ2) is 8.07. The maximum Gasteiger partial charge on any atom is 0.322 e. The van der Waals surface area contributed by atoms with Crippen LogP contribution in [0, 0.1) is 6.92 Å². The van der Waals surface area contributed by atoms with Crippen molar-refractivity contribution in [2.45, 2.75) is 32.4 Å². The van der Waals surface area contributed by atoms with Gasteiger partial charge in [0.1, 0.15) is 23.5 Å². The summed E-state index contributed by atoms with van der Waals surface area (Å²) in [6.07, 6.45) is 3.34. The molecule has 8 heteroatoms. The summed E-state index contributed by atoms with van der Waals surface area (Å²) < 4.78 is 7.44. The number of likely N-dealkylation sites (tertiary alicyclic amines) is 1. The van der Waals surface area contributed by atoms with Crippen LogP contribution in [0.25, 0.3) is 11.0 Å². The Balaban J connectivity index is 1.39. The number of aryl methyl sites for hydroxylation is 1. The number of carbonyl (C=O) groups excluding carboxylic acids is 1. The Morgan fingerprint density at radius 3 is 2.87 bits per heavy atom. The Hall–Kier alpha value is -3.32. The average Bonchev–Trinajstić information content (AvgIpc) is 3.48. The zero-order chi connectivity index (χ0) is 21.4. The first kappa shape index (κ1) is 19.6. The van der Waals surface area contributed by atoms with Crippen molar-refractivity contribution in [1.82, 2.24) is 19.7 Å². The first-order valence-electron chi connectivity index (χ1n) is 10.3. The average molecular weight is 436 g/mol. The van der Waals surface area contributed by atoms with Crippen LogP contribution in [0.2, 0.25) is 5.02 Å². The minimum Gasteiger partial charge on any atom is -0.462 e. The van der Waals surface area contributed by atoms with Gasteiger partial charge < -0.3 is 14.6 Å². The van der Waals surface area contributed by atoms with Crippen LogP contribution in [0.15, 0.2) is 59.2 Å². The number of rotatable bonds is 4. The standard InChI is InChI=1S/C23H22ClN5O2/c1-15-25-22(29(27-15)13-16-8-10-17(24)11-9-16)20-6-4-12-28(20)23(30)26-19-14-31-21-7-3-2-5-18(19)21/h2-3,5,7-11,14,20H,4,6,12-13H2,1H3,(H,26,30)/t20-/m1/s1. The van der Waals surface area contributed by atoms with Crippen LogP contribution in [0.3, 0.4) is 0 Å². The van der Waals surface area contributed by atoms with Crippen molar-refractivity contribution in [3.63, 3.8) is 0 Å². The lowest BCUT2D eigenvalue weighted by molar-refractivity contribution is 0.203. The summed E-state index contributed by atoms with van der Waals surface area (Å²) in [6, 6.07) is 15.0. The third-order valence-corrected chi connectivity index (χ3v) is 5.84. The summed E-state index contributed by atoms with van der Waals surface area (Å²) in [5.74, 6) is 1.49. The second-order valence-corrected chi connectivity index (χ2v) is 8.16. The van der Waals surface area contributed by atoms with Gasteiger partial charge in [-0.05, 0) is 49.6 Å². The molecule has 158 valence electrons. The number of hydrogen-bond acceptors (Lipinski definition) is 4. The third-order valence-electron chi connectivity index (χ3n) is 5.59. The van der Waals surface area contributed by atoms with Crippen LogP contribution in [0.4, 0.5) is 10.5 Å². The van der Waals surface area contributed by atoms with E-state index in [4.69, 9.17) is 16.0 Å². The topological polar surface area (TPSA) is 76.2 Å². The van der Waals surface area contributed by atoms with Gasteiger partial charge in [0, 0.05) is 17.0 Å². The normalized spacial score (nSPS) is 16.2. The molecule has 2 amide bonds. The van der Waals surface area contributed by atoms with Crippen molar-refractivity contribution in [3.05, 3.63) is 77.0 Å². The summed E-state index contributed by atoms with van der Waals surface area (Å²) in [5, 5.41) is 9.17. The number of carbonyl (C=O) groups is 1. The molecule has 2 aromatic heterocycles. The molecule has 1 atom stereocenters. The number of hydrogen-bond donors (Lipinski definition) is 1. The van der Waals surface area contributed by atoms with E-state index in [0.29, 0.717) is 29.6 Å². The predicted octanol–water partition coefficient (Wildman–Crippen LogP) is 5.40. The molecule has 1 N–H and O–H groups in total. The highest BCUT2D eigenvalue weighted by Gasteiger charge is 2.34. The molecule has 0 aliphatic carbocycles. The SMILES string of the molecule is Cc1nc([C@H]2CCCN2C(=O)Nc2coc3ccccc23)n(Cc2ccc(Cl)cc2)n1. The molecule has 2 aromatic carbocycles. The van der Waals surface area contributed by atoms with Crippen LogP contribution in [0.1, 0.15) is 36.1 Å². The molecule has 7 nitrogen and oxygen atoms in total. The van der Waals surface area contributed by atoms with Crippen LogP contribution in [0.5, 0.6) is 0 Å². The van der Waals surface area contributed by atoms with E-state index in [0.717, 1.165) is 35.2 Å². The summed E-state index contributed by atoms with van der Waals surface area (Å²) in [6.45, 7) is 3.11. The first-order chi connectivity index (χ1) is 15.1. The van der Waals surface area contributed by atoms with Crippen molar-refractivity contribution in [1.29, 1.82) is 0 Å². The minimum absolute atomic E-state index is 0.133. The number of nitrogens with one attached hydrogen (secondary N) is 1. The lowest BCUT2D eigenvalue weighted by Crippen LogP contribution is -2.35. The number of amides is 2. The molecule has 1 saturated heterocycles. The molecule has 31 heavy (non-hydrogen) atoms. The zero-order valence-corrected chi connectivity index (χ0v) is 17.8. The van der Waals surface area contributed by atoms with Gasteiger partial charge in [-0.2, -0.15) is 5.10 Å². The number of fused-ring (bicyclic) bond motifs is 1. The highest BCUT2D eigenvalue weighted by Crippen LogP contribution is 2.33. The fraction of sp³-hybridized carbons (Fsp3) is 0.261. The fourth-order valence-electron chi connectivity index (χ4n) is 4.14. The molecule has 3 heterocycles. The largest absolute Gasteiger partial charge is 0.462 e. The molecule has 0 bridgehead atoms. The van der Waals surface area contributed by atoms with Crippen LogP contribution in [-0.2, 0) is 6.54 Å². The highest BCUT2D eigenvalue weighted by molar-refractivity contribution is 6.30. The fourth-order valence-corrected chi connectivity index (χ4v) is 4.26. The van der Waals surface area contributed by atoms with Crippen LogP contribution < -0.4 is 5.32 Å². The molecule has 1 aliphatic rings. The second-order valence-electron chi connectivity index (χ2n) is 7.73. The van der Waals surface area contributed by atoms with Gasteiger partial charge >= 0.3 is 6.03 Å². The summed E-state index contributed by atoms with van der Waals surface area (Å²) in [5.41, 5.74) is 2.49. The van der Waals surface area contributed by atoms with Gasteiger partial charge in [0.25, 0.3) is 0 Å². The Kier molecular flexibility index (Phi) is 5.11. The Bertz CT molecular complexity index is 1230. The van der Waals surface area contributed by atoms with Crippen molar-refractivity contribution in [2.24, 2.45) is 0 Å². The molecule has 1 fully saturated rings. The van der Waals surface area contributed by atoms with Gasteiger partial charge in [-0.1, -0.05) is 35.9 Å². The first-order valence-corrected chi connectivity index (χ1v) is 10.7. The lowest BCUT2D eigenvalue weighted by Gasteiger charge is -2.24. The lowest BCUT2D eigenvalue weighted by atomic mass is 10.2. The van der Waals surface area contributed by atoms with E-state index in [1.54, 1.807) is 6.26 Å². The summed E-state index contributed by atoms with van der Waals surface area (Å²) >= 11 is 6.01. The Morgan fingerprint density at radius 1 is 1.23 bits per heavy atom. The van der Waals surface area contributed by atoms with E-state index >= 15 is 0 Å². The van der Waals surface area contributed by atoms with Crippen LogP contribution >= 0.6 is 11.6 Å². The van der Waals surface area contributed by atoms with Crippen molar-refractivity contribution >= 4 is 34.3 Å². The molecule has 4 aromatic rings.